The summed E-state index contributed by atoms with van der Waals surface area (Å²) in [5, 5.41) is 0. The molecule has 128 valence electrons. The van der Waals surface area contributed by atoms with Crippen LogP contribution < -0.4 is 0 Å². The van der Waals surface area contributed by atoms with Crippen LogP contribution in [0.25, 0.3) is 5.65 Å². The van der Waals surface area contributed by atoms with E-state index in [0.717, 1.165) is 43.6 Å². The number of aromatic nitrogens is 2. The molecule has 1 amide bonds. The molecule has 2 aromatic rings. The first kappa shape index (κ1) is 15.6. The van der Waals surface area contributed by atoms with Crippen molar-refractivity contribution in [3.63, 3.8) is 0 Å². The molecule has 5 heteroatoms. The van der Waals surface area contributed by atoms with Gasteiger partial charge in [0.2, 0.25) is 0 Å². The van der Waals surface area contributed by atoms with Gasteiger partial charge in [-0.3, -0.25) is 4.79 Å². The number of hydrogen-bond acceptors (Lipinski definition) is 3. The third kappa shape index (κ3) is 2.34. The van der Waals surface area contributed by atoms with Crippen molar-refractivity contribution in [2.24, 2.45) is 5.41 Å². The minimum absolute atomic E-state index is 0.0719. The van der Waals surface area contributed by atoms with Gasteiger partial charge < -0.3 is 14.0 Å². The molecule has 0 bridgehead atoms. The number of methoxy groups -OCH3 is 1. The van der Waals surface area contributed by atoms with Crippen LogP contribution in [0.2, 0.25) is 0 Å². The Kier molecular flexibility index (Phi) is 3.64. The molecular weight excluding hydrogens is 302 g/mol. The molecule has 0 unspecified atom stereocenters. The number of aryl methyl sites for hydroxylation is 1. The first-order valence-electron chi connectivity index (χ1n) is 8.80. The van der Waals surface area contributed by atoms with E-state index in [9.17, 15) is 4.79 Å². The first-order valence-corrected chi connectivity index (χ1v) is 8.80. The van der Waals surface area contributed by atoms with E-state index in [1.165, 1.54) is 0 Å². The van der Waals surface area contributed by atoms with Crippen LogP contribution in [0.3, 0.4) is 0 Å². The SMILES string of the molecule is CO[C@@H]1CC[C@H]2N(C(=O)c3cn4c(C)cccc4n3)CC[C@@]2(C)C1. The molecule has 2 fully saturated rings. The zero-order valence-corrected chi connectivity index (χ0v) is 14.7. The summed E-state index contributed by atoms with van der Waals surface area (Å²) in [7, 11) is 1.80. The molecule has 1 saturated carbocycles. The van der Waals surface area contributed by atoms with Crippen molar-refractivity contribution in [1.29, 1.82) is 0 Å². The number of pyridine rings is 1. The van der Waals surface area contributed by atoms with Crippen LogP contribution in [-0.4, -0.2) is 46.0 Å². The van der Waals surface area contributed by atoms with E-state index in [2.05, 4.69) is 16.8 Å². The summed E-state index contributed by atoms with van der Waals surface area (Å²) < 4.78 is 7.57. The lowest BCUT2D eigenvalue weighted by Gasteiger charge is -2.42. The molecule has 5 nitrogen and oxygen atoms in total. The van der Waals surface area contributed by atoms with Crippen LogP contribution in [0.15, 0.2) is 24.4 Å². The van der Waals surface area contributed by atoms with Gasteiger partial charge in [-0.15, -0.1) is 0 Å². The molecule has 1 aliphatic carbocycles. The zero-order valence-electron chi connectivity index (χ0n) is 14.7. The number of amides is 1. The topological polar surface area (TPSA) is 46.8 Å². The quantitative estimate of drug-likeness (QED) is 0.852. The van der Waals surface area contributed by atoms with E-state index in [1.807, 2.05) is 35.7 Å². The number of hydrogen-bond donors (Lipinski definition) is 0. The maximum absolute atomic E-state index is 13.1. The van der Waals surface area contributed by atoms with Crippen molar-refractivity contribution in [3.05, 3.63) is 35.8 Å². The summed E-state index contributed by atoms with van der Waals surface area (Å²) >= 11 is 0. The number of fused-ring (bicyclic) bond motifs is 2. The van der Waals surface area contributed by atoms with Gasteiger partial charge >= 0.3 is 0 Å². The van der Waals surface area contributed by atoms with E-state index < -0.39 is 0 Å². The van der Waals surface area contributed by atoms with Crippen LogP contribution in [0.4, 0.5) is 0 Å². The van der Waals surface area contributed by atoms with Gasteiger partial charge in [0.25, 0.3) is 5.91 Å². The second-order valence-electron chi connectivity index (χ2n) is 7.58. The van der Waals surface area contributed by atoms with Crippen molar-refractivity contribution in [3.8, 4) is 0 Å². The Labute approximate surface area is 142 Å². The van der Waals surface area contributed by atoms with Gasteiger partial charge in [0.15, 0.2) is 0 Å². The second kappa shape index (κ2) is 5.59. The average molecular weight is 327 g/mol. The highest BCUT2D eigenvalue weighted by Gasteiger charge is 2.49. The van der Waals surface area contributed by atoms with Gasteiger partial charge in [-0.05, 0) is 50.2 Å². The fourth-order valence-electron chi connectivity index (χ4n) is 4.63. The molecule has 0 radical (unpaired) electrons. The van der Waals surface area contributed by atoms with Gasteiger partial charge in [-0.25, -0.2) is 4.98 Å². The normalized spacial score (nSPS) is 29.9. The van der Waals surface area contributed by atoms with Crippen LogP contribution in [0, 0.1) is 12.3 Å². The second-order valence-corrected chi connectivity index (χ2v) is 7.58. The molecular formula is C19H25N3O2. The molecule has 2 aromatic heterocycles. The summed E-state index contributed by atoms with van der Waals surface area (Å²) in [4.78, 5) is 19.7. The van der Waals surface area contributed by atoms with E-state index in [4.69, 9.17) is 4.74 Å². The minimum atomic E-state index is 0.0719. The number of carbonyl (C=O) groups is 1. The lowest BCUT2D eigenvalue weighted by Crippen LogP contribution is -2.46. The molecule has 4 rings (SSSR count). The largest absolute Gasteiger partial charge is 0.381 e. The highest BCUT2D eigenvalue weighted by Crippen LogP contribution is 2.47. The summed E-state index contributed by atoms with van der Waals surface area (Å²) in [6.45, 7) is 5.16. The minimum Gasteiger partial charge on any atom is -0.381 e. The number of likely N-dealkylation sites (tertiary alicyclic amines) is 1. The summed E-state index contributed by atoms with van der Waals surface area (Å²) in [6.07, 6.45) is 6.36. The molecule has 1 saturated heterocycles. The van der Waals surface area contributed by atoms with E-state index in [-0.39, 0.29) is 11.3 Å². The lowest BCUT2D eigenvalue weighted by molar-refractivity contribution is -0.00286. The fourth-order valence-corrected chi connectivity index (χ4v) is 4.63. The Morgan fingerprint density at radius 1 is 1.38 bits per heavy atom. The standard InChI is InChI=1S/C19H25N3O2/c1-13-5-4-6-17-20-15(12-22(13)17)18(23)21-10-9-19(2)11-14(24-3)7-8-16(19)21/h4-6,12,14,16H,7-11H2,1-3H3/t14-,16-,19+/m1/s1. The van der Waals surface area contributed by atoms with Crippen molar-refractivity contribution < 1.29 is 9.53 Å². The summed E-state index contributed by atoms with van der Waals surface area (Å²) in [5.74, 6) is 0.0719. The van der Waals surface area contributed by atoms with Crippen molar-refractivity contribution in [1.82, 2.24) is 14.3 Å². The fraction of sp³-hybridized carbons (Fsp3) is 0.579. The van der Waals surface area contributed by atoms with Gasteiger partial charge in [-0.2, -0.15) is 0 Å². The summed E-state index contributed by atoms with van der Waals surface area (Å²) in [5.41, 5.74) is 2.65. The molecule has 24 heavy (non-hydrogen) atoms. The van der Waals surface area contributed by atoms with Crippen LogP contribution in [0.1, 0.15) is 48.8 Å². The van der Waals surface area contributed by atoms with E-state index in [0.29, 0.717) is 17.8 Å². The van der Waals surface area contributed by atoms with Crippen molar-refractivity contribution in [2.75, 3.05) is 13.7 Å². The Morgan fingerprint density at radius 3 is 2.96 bits per heavy atom. The Balaban J connectivity index is 1.61. The molecule has 3 atom stereocenters. The van der Waals surface area contributed by atoms with E-state index >= 15 is 0 Å². The third-order valence-electron chi connectivity index (χ3n) is 6.07. The molecule has 0 N–H and O–H groups in total. The Hall–Kier alpha value is -1.88. The Bertz CT molecular complexity index is 784. The monoisotopic (exact) mass is 327 g/mol. The Morgan fingerprint density at radius 2 is 2.21 bits per heavy atom. The lowest BCUT2D eigenvalue weighted by atomic mass is 9.71. The van der Waals surface area contributed by atoms with Crippen LogP contribution in [-0.2, 0) is 4.74 Å². The van der Waals surface area contributed by atoms with Crippen LogP contribution in [0.5, 0.6) is 0 Å². The van der Waals surface area contributed by atoms with Crippen molar-refractivity contribution >= 4 is 11.6 Å². The molecule has 0 spiro atoms. The van der Waals surface area contributed by atoms with Gasteiger partial charge in [0.1, 0.15) is 11.3 Å². The predicted octanol–water partition coefficient (Wildman–Crippen LogP) is 3.06. The third-order valence-corrected chi connectivity index (χ3v) is 6.07. The smallest absolute Gasteiger partial charge is 0.274 e. The maximum Gasteiger partial charge on any atom is 0.274 e. The van der Waals surface area contributed by atoms with E-state index in [1.54, 1.807) is 7.11 Å². The molecule has 3 heterocycles. The number of ether oxygens (including phenoxy) is 1. The highest BCUT2D eigenvalue weighted by atomic mass is 16.5. The molecule has 2 aliphatic rings. The van der Waals surface area contributed by atoms with Gasteiger partial charge in [0, 0.05) is 31.6 Å². The average Bonchev–Trinajstić information content (AvgIpc) is 3.15. The van der Waals surface area contributed by atoms with Gasteiger partial charge in [0.05, 0.1) is 6.10 Å². The number of imidazole rings is 1. The predicted molar refractivity (Wildman–Crippen MR) is 92.1 cm³/mol. The maximum atomic E-state index is 13.1. The highest BCUT2D eigenvalue weighted by molar-refractivity contribution is 5.93. The first-order chi connectivity index (χ1) is 11.5. The van der Waals surface area contributed by atoms with Crippen LogP contribution >= 0.6 is 0 Å². The number of rotatable bonds is 2. The van der Waals surface area contributed by atoms with Gasteiger partial charge in [-0.1, -0.05) is 13.0 Å². The molecule has 0 aromatic carbocycles. The number of carbonyl (C=O) groups excluding carboxylic acids is 1. The zero-order chi connectivity index (χ0) is 16.9. The summed E-state index contributed by atoms with van der Waals surface area (Å²) in [6, 6.07) is 6.26. The van der Waals surface area contributed by atoms with Crippen molar-refractivity contribution in [2.45, 2.75) is 51.7 Å². The molecule has 1 aliphatic heterocycles. The number of nitrogens with zero attached hydrogens (tertiary/aromatic N) is 3.